The van der Waals surface area contributed by atoms with Gasteiger partial charge in [0.2, 0.25) is 0 Å². The van der Waals surface area contributed by atoms with E-state index in [0.717, 1.165) is 13.1 Å². The largest absolute Gasteiger partial charge is 0.312 e. The highest BCUT2D eigenvalue weighted by Gasteiger charge is 2.14. The normalized spacial score (nSPS) is 15.3. The predicted octanol–water partition coefficient (Wildman–Crippen LogP) is 2.22. The SMILES string of the molecule is C=CCNCC(C)N(C)C(C)CCSC. The van der Waals surface area contributed by atoms with Gasteiger partial charge in [-0.25, -0.2) is 0 Å². The Labute approximate surface area is 99.5 Å². The molecular formula is C12H26N2S. The lowest BCUT2D eigenvalue weighted by Crippen LogP contribution is -2.43. The fourth-order valence-corrected chi connectivity index (χ4v) is 2.04. The summed E-state index contributed by atoms with van der Waals surface area (Å²) >= 11 is 1.93. The molecule has 0 aliphatic rings. The van der Waals surface area contributed by atoms with Gasteiger partial charge < -0.3 is 5.32 Å². The number of likely N-dealkylation sites (N-methyl/N-ethyl adjacent to an activating group) is 1. The molecule has 0 radical (unpaired) electrons. The second-order valence-corrected chi connectivity index (χ2v) is 5.08. The number of hydrogen-bond donors (Lipinski definition) is 1. The molecule has 0 saturated carbocycles. The Morgan fingerprint density at radius 3 is 2.60 bits per heavy atom. The first kappa shape index (κ1) is 15.0. The number of rotatable bonds is 9. The fourth-order valence-electron chi connectivity index (χ4n) is 1.46. The first-order valence-electron chi connectivity index (χ1n) is 5.66. The minimum atomic E-state index is 0.585. The third-order valence-corrected chi connectivity index (χ3v) is 3.50. The zero-order chi connectivity index (χ0) is 11.7. The van der Waals surface area contributed by atoms with Crippen LogP contribution in [0.2, 0.25) is 0 Å². The Hall–Kier alpha value is 0.0100. The van der Waals surface area contributed by atoms with E-state index in [1.54, 1.807) is 0 Å². The molecule has 15 heavy (non-hydrogen) atoms. The summed E-state index contributed by atoms with van der Waals surface area (Å²) in [5, 5.41) is 3.36. The molecule has 3 heteroatoms. The van der Waals surface area contributed by atoms with Crippen molar-refractivity contribution in [2.75, 3.05) is 32.1 Å². The standard InChI is InChI=1S/C12H26N2S/c1-6-8-13-10-12(3)14(4)11(2)7-9-15-5/h6,11-13H,1,7-10H2,2-5H3. The number of thioether (sulfide) groups is 1. The summed E-state index contributed by atoms with van der Waals surface area (Å²) in [7, 11) is 2.21. The smallest absolute Gasteiger partial charge is 0.0192 e. The first-order valence-corrected chi connectivity index (χ1v) is 7.05. The zero-order valence-electron chi connectivity index (χ0n) is 10.6. The molecule has 0 heterocycles. The van der Waals surface area contributed by atoms with Crippen molar-refractivity contribution < 1.29 is 0 Å². The lowest BCUT2D eigenvalue weighted by Gasteiger charge is -2.30. The monoisotopic (exact) mass is 230 g/mol. The summed E-state index contributed by atoms with van der Waals surface area (Å²) in [5.74, 6) is 1.25. The van der Waals surface area contributed by atoms with Crippen LogP contribution in [0.15, 0.2) is 12.7 Å². The molecule has 0 aromatic carbocycles. The summed E-state index contributed by atoms with van der Waals surface area (Å²) < 4.78 is 0. The summed E-state index contributed by atoms with van der Waals surface area (Å²) in [5.41, 5.74) is 0. The van der Waals surface area contributed by atoms with Gasteiger partial charge in [-0.15, -0.1) is 6.58 Å². The van der Waals surface area contributed by atoms with Crippen molar-refractivity contribution in [1.29, 1.82) is 0 Å². The Morgan fingerprint density at radius 2 is 2.07 bits per heavy atom. The van der Waals surface area contributed by atoms with Crippen LogP contribution in [0.25, 0.3) is 0 Å². The maximum absolute atomic E-state index is 3.70. The van der Waals surface area contributed by atoms with E-state index in [1.807, 2.05) is 17.8 Å². The molecule has 2 unspecified atom stereocenters. The van der Waals surface area contributed by atoms with Crippen molar-refractivity contribution in [3.63, 3.8) is 0 Å². The lowest BCUT2D eigenvalue weighted by atomic mass is 10.2. The highest BCUT2D eigenvalue weighted by molar-refractivity contribution is 7.98. The summed E-state index contributed by atoms with van der Waals surface area (Å²) in [6.45, 7) is 10.2. The molecule has 0 aliphatic carbocycles. The Morgan fingerprint density at radius 1 is 1.40 bits per heavy atom. The van der Waals surface area contributed by atoms with Crippen LogP contribution in [0.5, 0.6) is 0 Å². The van der Waals surface area contributed by atoms with Crippen LogP contribution in [0.1, 0.15) is 20.3 Å². The topological polar surface area (TPSA) is 15.3 Å². The molecule has 2 nitrogen and oxygen atoms in total. The van der Waals surface area contributed by atoms with Crippen molar-refractivity contribution in [3.05, 3.63) is 12.7 Å². The van der Waals surface area contributed by atoms with Crippen LogP contribution in [-0.2, 0) is 0 Å². The molecule has 0 fully saturated rings. The van der Waals surface area contributed by atoms with Crippen molar-refractivity contribution in [2.45, 2.75) is 32.4 Å². The summed E-state index contributed by atoms with van der Waals surface area (Å²) in [6.07, 6.45) is 5.34. The molecule has 90 valence electrons. The Bertz CT molecular complexity index is 162. The molecule has 1 N–H and O–H groups in total. The number of nitrogens with zero attached hydrogens (tertiary/aromatic N) is 1. The molecule has 0 aromatic rings. The van der Waals surface area contributed by atoms with Crippen LogP contribution < -0.4 is 5.32 Å². The van der Waals surface area contributed by atoms with Gasteiger partial charge in [0.25, 0.3) is 0 Å². The van der Waals surface area contributed by atoms with Crippen LogP contribution >= 0.6 is 11.8 Å². The molecule has 0 spiro atoms. The first-order chi connectivity index (χ1) is 7.13. The zero-order valence-corrected chi connectivity index (χ0v) is 11.4. The van der Waals surface area contributed by atoms with Crippen molar-refractivity contribution in [2.24, 2.45) is 0 Å². The van der Waals surface area contributed by atoms with Gasteiger partial charge in [0.05, 0.1) is 0 Å². The quantitative estimate of drug-likeness (QED) is 0.483. The molecule has 0 rings (SSSR count). The van der Waals surface area contributed by atoms with Gasteiger partial charge in [-0.3, -0.25) is 4.90 Å². The molecule has 0 bridgehead atoms. The van der Waals surface area contributed by atoms with E-state index in [2.05, 4.69) is 43.9 Å². The van der Waals surface area contributed by atoms with E-state index < -0.39 is 0 Å². The minimum Gasteiger partial charge on any atom is -0.312 e. The van der Waals surface area contributed by atoms with Crippen LogP contribution in [-0.4, -0.2) is 49.1 Å². The molecule has 0 aliphatic heterocycles. The van der Waals surface area contributed by atoms with Gasteiger partial charge in [-0.2, -0.15) is 11.8 Å². The van der Waals surface area contributed by atoms with Crippen LogP contribution in [0, 0.1) is 0 Å². The van der Waals surface area contributed by atoms with Gasteiger partial charge in [0.1, 0.15) is 0 Å². The van der Waals surface area contributed by atoms with E-state index in [4.69, 9.17) is 0 Å². The fraction of sp³-hybridized carbons (Fsp3) is 0.833. The highest BCUT2D eigenvalue weighted by Crippen LogP contribution is 2.08. The lowest BCUT2D eigenvalue weighted by molar-refractivity contribution is 0.190. The minimum absolute atomic E-state index is 0.585. The van der Waals surface area contributed by atoms with Crippen LogP contribution in [0.4, 0.5) is 0 Å². The average molecular weight is 230 g/mol. The third-order valence-electron chi connectivity index (χ3n) is 2.86. The van der Waals surface area contributed by atoms with Crippen molar-refractivity contribution in [1.82, 2.24) is 10.2 Å². The van der Waals surface area contributed by atoms with E-state index in [-0.39, 0.29) is 0 Å². The van der Waals surface area contributed by atoms with Gasteiger partial charge in [-0.1, -0.05) is 6.08 Å². The molecule has 0 saturated heterocycles. The molecule has 2 atom stereocenters. The van der Waals surface area contributed by atoms with Gasteiger partial charge in [0.15, 0.2) is 0 Å². The Kier molecular flexibility index (Phi) is 9.26. The van der Waals surface area contributed by atoms with Crippen LogP contribution in [0.3, 0.4) is 0 Å². The van der Waals surface area contributed by atoms with Gasteiger partial charge in [-0.05, 0) is 39.3 Å². The average Bonchev–Trinajstić information content (AvgIpc) is 2.24. The third kappa shape index (κ3) is 6.98. The molecule has 0 aromatic heterocycles. The van der Waals surface area contributed by atoms with E-state index in [0.29, 0.717) is 12.1 Å². The molecule has 0 amide bonds. The van der Waals surface area contributed by atoms with E-state index >= 15 is 0 Å². The second-order valence-electron chi connectivity index (χ2n) is 4.09. The Balaban J connectivity index is 3.74. The van der Waals surface area contributed by atoms with Crippen molar-refractivity contribution >= 4 is 11.8 Å². The maximum atomic E-state index is 3.70. The van der Waals surface area contributed by atoms with Crippen molar-refractivity contribution in [3.8, 4) is 0 Å². The van der Waals surface area contributed by atoms with E-state index in [1.165, 1.54) is 12.2 Å². The summed E-state index contributed by atoms with van der Waals surface area (Å²) in [6, 6.07) is 1.25. The maximum Gasteiger partial charge on any atom is 0.0192 e. The number of nitrogens with one attached hydrogen (secondary N) is 1. The van der Waals surface area contributed by atoms with E-state index in [9.17, 15) is 0 Å². The highest BCUT2D eigenvalue weighted by atomic mass is 32.2. The predicted molar refractivity (Wildman–Crippen MR) is 72.8 cm³/mol. The van der Waals surface area contributed by atoms with Gasteiger partial charge in [0, 0.05) is 25.2 Å². The van der Waals surface area contributed by atoms with Gasteiger partial charge >= 0.3 is 0 Å². The molecular weight excluding hydrogens is 204 g/mol. The number of hydrogen-bond acceptors (Lipinski definition) is 3. The summed E-state index contributed by atoms with van der Waals surface area (Å²) in [4.78, 5) is 2.45. The second kappa shape index (κ2) is 9.25.